The molecule has 1 aliphatic rings. The van der Waals surface area contributed by atoms with Crippen molar-refractivity contribution in [3.8, 4) is 0 Å². The van der Waals surface area contributed by atoms with E-state index < -0.39 is 5.97 Å². The van der Waals surface area contributed by atoms with E-state index >= 15 is 0 Å². The van der Waals surface area contributed by atoms with Crippen molar-refractivity contribution in [2.24, 2.45) is 11.8 Å². The predicted molar refractivity (Wildman–Crippen MR) is 65.6 cm³/mol. The highest BCUT2D eigenvalue weighted by atomic mass is 16.4. The lowest BCUT2D eigenvalue weighted by atomic mass is 9.95. The maximum atomic E-state index is 12.1. The summed E-state index contributed by atoms with van der Waals surface area (Å²) in [5, 5.41) is 8.98. The van der Waals surface area contributed by atoms with E-state index in [2.05, 4.69) is 6.92 Å². The molecule has 1 fully saturated rings. The summed E-state index contributed by atoms with van der Waals surface area (Å²) in [6, 6.07) is 0. The van der Waals surface area contributed by atoms with Gasteiger partial charge in [-0.3, -0.25) is 9.59 Å². The summed E-state index contributed by atoms with van der Waals surface area (Å²) in [4.78, 5) is 24.8. The van der Waals surface area contributed by atoms with Crippen molar-refractivity contribution >= 4 is 11.9 Å². The van der Waals surface area contributed by atoms with Gasteiger partial charge in [-0.15, -0.1) is 0 Å². The van der Waals surface area contributed by atoms with Crippen molar-refractivity contribution in [2.45, 2.75) is 46.0 Å². The van der Waals surface area contributed by atoms with Gasteiger partial charge in [-0.25, -0.2) is 0 Å². The van der Waals surface area contributed by atoms with Crippen LogP contribution in [0.1, 0.15) is 46.0 Å². The Morgan fingerprint density at radius 2 is 2.18 bits per heavy atom. The summed E-state index contributed by atoms with van der Waals surface area (Å²) >= 11 is 0. The third-order valence-corrected chi connectivity index (χ3v) is 3.49. The molecule has 0 aromatic heterocycles. The molecule has 1 rings (SSSR count). The summed E-state index contributed by atoms with van der Waals surface area (Å²) in [5.41, 5.74) is 0. The standard InChI is InChI=1S/C13H23NO3/c1-3-4-6-10(2)12(15)14-8-5-7-11(9-14)13(16)17/h10-11H,3-9H2,1-2H3,(H,16,17). The number of carboxylic acid groups (broad SMARTS) is 1. The van der Waals surface area contributed by atoms with E-state index in [4.69, 9.17) is 5.11 Å². The number of amides is 1. The molecule has 1 heterocycles. The van der Waals surface area contributed by atoms with Crippen molar-refractivity contribution in [1.82, 2.24) is 4.90 Å². The third kappa shape index (κ3) is 4.02. The second kappa shape index (κ2) is 6.62. The zero-order valence-corrected chi connectivity index (χ0v) is 10.8. The lowest BCUT2D eigenvalue weighted by molar-refractivity contribution is -0.146. The Kier molecular flexibility index (Phi) is 5.45. The highest BCUT2D eigenvalue weighted by molar-refractivity contribution is 5.79. The molecule has 1 amide bonds. The first-order valence-electron chi connectivity index (χ1n) is 6.57. The fourth-order valence-corrected chi connectivity index (χ4v) is 2.32. The van der Waals surface area contributed by atoms with Crippen molar-refractivity contribution in [3.05, 3.63) is 0 Å². The molecule has 0 bridgehead atoms. The molecule has 0 aromatic carbocycles. The van der Waals surface area contributed by atoms with Gasteiger partial charge in [0.15, 0.2) is 0 Å². The number of hydrogen-bond donors (Lipinski definition) is 1. The molecule has 0 saturated carbocycles. The maximum absolute atomic E-state index is 12.1. The van der Waals surface area contributed by atoms with Crippen LogP contribution < -0.4 is 0 Å². The Balaban J connectivity index is 2.48. The number of carbonyl (C=O) groups is 2. The predicted octanol–water partition coefficient (Wildman–Crippen LogP) is 2.14. The van der Waals surface area contributed by atoms with Crippen LogP contribution in [0.3, 0.4) is 0 Å². The SMILES string of the molecule is CCCCC(C)C(=O)N1CCCC(C(=O)O)C1. The first-order chi connectivity index (χ1) is 8.06. The number of likely N-dealkylation sites (tertiary alicyclic amines) is 1. The first kappa shape index (κ1) is 14.0. The molecule has 1 saturated heterocycles. The molecule has 98 valence electrons. The maximum Gasteiger partial charge on any atom is 0.308 e. The summed E-state index contributed by atoms with van der Waals surface area (Å²) < 4.78 is 0. The van der Waals surface area contributed by atoms with E-state index in [1.54, 1.807) is 4.90 Å². The monoisotopic (exact) mass is 241 g/mol. The van der Waals surface area contributed by atoms with Gasteiger partial charge in [0.05, 0.1) is 5.92 Å². The lowest BCUT2D eigenvalue weighted by Gasteiger charge is -2.32. The summed E-state index contributed by atoms with van der Waals surface area (Å²) in [7, 11) is 0. The molecule has 0 aliphatic carbocycles. The van der Waals surface area contributed by atoms with Gasteiger partial charge in [-0.2, -0.15) is 0 Å². The fraction of sp³-hybridized carbons (Fsp3) is 0.846. The van der Waals surface area contributed by atoms with E-state index in [0.29, 0.717) is 13.0 Å². The normalized spacial score (nSPS) is 22.2. The average Bonchev–Trinajstić information content (AvgIpc) is 2.35. The van der Waals surface area contributed by atoms with Gasteiger partial charge in [0.1, 0.15) is 0 Å². The van der Waals surface area contributed by atoms with E-state index in [-0.39, 0.29) is 17.7 Å². The topological polar surface area (TPSA) is 57.6 Å². The van der Waals surface area contributed by atoms with Gasteiger partial charge < -0.3 is 10.0 Å². The average molecular weight is 241 g/mol. The van der Waals surface area contributed by atoms with Crippen molar-refractivity contribution in [1.29, 1.82) is 0 Å². The highest BCUT2D eigenvalue weighted by Gasteiger charge is 2.29. The van der Waals surface area contributed by atoms with E-state index in [0.717, 1.165) is 32.2 Å². The minimum absolute atomic E-state index is 0.0301. The summed E-state index contributed by atoms with van der Waals surface area (Å²) in [6.07, 6.45) is 4.56. The van der Waals surface area contributed by atoms with Crippen LogP contribution in [-0.4, -0.2) is 35.0 Å². The largest absolute Gasteiger partial charge is 0.481 e. The van der Waals surface area contributed by atoms with Crippen LogP contribution in [0.2, 0.25) is 0 Å². The van der Waals surface area contributed by atoms with Gasteiger partial charge in [-0.05, 0) is 19.3 Å². The molecule has 0 radical (unpaired) electrons. The number of carboxylic acids is 1. The van der Waals surface area contributed by atoms with Gasteiger partial charge >= 0.3 is 5.97 Å². The van der Waals surface area contributed by atoms with Gasteiger partial charge in [0.2, 0.25) is 5.91 Å². The highest BCUT2D eigenvalue weighted by Crippen LogP contribution is 2.20. The van der Waals surface area contributed by atoms with Gasteiger partial charge in [0, 0.05) is 19.0 Å². The zero-order valence-electron chi connectivity index (χ0n) is 10.8. The van der Waals surface area contributed by atoms with Gasteiger partial charge in [-0.1, -0.05) is 26.7 Å². The number of nitrogens with zero attached hydrogens (tertiary/aromatic N) is 1. The van der Waals surface area contributed by atoms with Crippen LogP contribution in [0.4, 0.5) is 0 Å². The lowest BCUT2D eigenvalue weighted by Crippen LogP contribution is -2.44. The molecular formula is C13H23NO3. The molecular weight excluding hydrogens is 218 g/mol. The summed E-state index contributed by atoms with van der Waals surface area (Å²) in [5.74, 6) is -0.985. The second-order valence-electron chi connectivity index (χ2n) is 5.00. The van der Waals surface area contributed by atoms with E-state index in [1.165, 1.54) is 0 Å². The Hall–Kier alpha value is -1.06. The van der Waals surface area contributed by atoms with Crippen molar-refractivity contribution in [2.75, 3.05) is 13.1 Å². The van der Waals surface area contributed by atoms with Crippen LogP contribution in [0.15, 0.2) is 0 Å². The molecule has 4 heteroatoms. The molecule has 1 aliphatic heterocycles. The molecule has 17 heavy (non-hydrogen) atoms. The number of carbonyl (C=O) groups excluding carboxylic acids is 1. The Morgan fingerprint density at radius 3 is 2.76 bits per heavy atom. The first-order valence-corrected chi connectivity index (χ1v) is 6.57. The van der Waals surface area contributed by atoms with Crippen molar-refractivity contribution < 1.29 is 14.7 Å². The van der Waals surface area contributed by atoms with Gasteiger partial charge in [0.25, 0.3) is 0 Å². The van der Waals surface area contributed by atoms with Crippen molar-refractivity contribution in [3.63, 3.8) is 0 Å². The molecule has 0 spiro atoms. The minimum Gasteiger partial charge on any atom is -0.481 e. The third-order valence-electron chi connectivity index (χ3n) is 3.49. The van der Waals surface area contributed by atoms with Crippen LogP contribution >= 0.6 is 0 Å². The number of aliphatic carboxylic acids is 1. The van der Waals surface area contributed by atoms with Crippen LogP contribution in [0.25, 0.3) is 0 Å². The number of piperidine rings is 1. The fourth-order valence-electron chi connectivity index (χ4n) is 2.32. The van der Waals surface area contributed by atoms with E-state index in [9.17, 15) is 9.59 Å². The zero-order chi connectivity index (χ0) is 12.8. The molecule has 2 unspecified atom stereocenters. The molecule has 4 nitrogen and oxygen atoms in total. The van der Waals surface area contributed by atoms with Crippen LogP contribution in [-0.2, 0) is 9.59 Å². The second-order valence-corrected chi connectivity index (χ2v) is 5.00. The molecule has 1 N–H and O–H groups in total. The number of rotatable bonds is 5. The smallest absolute Gasteiger partial charge is 0.308 e. The Bertz CT molecular complexity index is 278. The molecule has 2 atom stereocenters. The van der Waals surface area contributed by atoms with E-state index in [1.807, 2.05) is 6.92 Å². The number of unbranched alkanes of at least 4 members (excludes halogenated alkanes) is 1. The Labute approximate surface area is 103 Å². The summed E-state index contributed by atoms with van der Waals surface area (Å²) in [6.45, 7) is 5.17. The minimum atomic E-state index is -0.774. The quantitative estimate of drug-likeness (QED) is 0.802. The van der Waals surface area contributed by atoms with Crippen LogP contribution in [0, 0.1) is 11.8 Å². The number of hydrogen-bond acceptors (Lipinski definition) is 2. The van der Waals surface area contributed by atoms with Crippen LogP contribution in [0.5, 0.6) is 0 Å². The Morgan fingerprint density at radius 1 is 1.47 bits per heavy atom. The molecule has 0 aromatic rings.